The highest BCUT2D eigenvalue weighted by Gasteiger charge is 2.37. The molecular weight excluding hydrogens is 301 g/mol. The molecule has 6 nitrogen and oxygen atoms in total. The van der Waals surface area contributed by atoms with E-state index in [9.17, 15) is 18.8 Å². The molecule has 1 aromatic carbocycles. The van der Waals surface area contributed by atoms with Crippen molar-refractivity contribution in [3.8, 4) is 0 Å². The summed E-state index contributed by atoms with van der Waals surface area (Å²) in [5.41, 5.74) is 0.426. The molecule has 2 fully saturated rings. The Morgan fingerprint density at radius 3 is 2.39 bits per heavy atom. The Labute approximate surface area is 133 Å². The molecule has 3 rings (SSSR count). The zero-order valence-corrected chi connectivity index (χ0v) is 12.5. The highest BCUT2D eigenvalue weighted by atomic mass is 19.1. The molecule has 2 saturated heterocycles. The van der Waals surface area contributed by atoms with Crippen LogP contribution < -0.4 is 10.6 Å². The van der Waals surface area contributed by atoms with Gasteiger partial charge in [-0.2, -0.15) is 0 Å². The summed E-state index contributed by atoms with van der Waals surface area (Å²) in [6, 6.07) is 5.06. The van der Waals surface area contributed by atoms with Crippen molar-refractivity contribution in [3.05, 3.63) is 35.6 Å². The van der Waals surface area contributed by atoms with Crippen LogP contribution in [0.25, 0.3) is 0 Å². The highest BCUT2D eigenvalue weighted by molar-refractivity contribution is 6.05. The molecule has 0 saturated carbocycles. The van der Waals surface area contributed by atoms with E-state index in [1.54, 1.807) is 0 Å². The van der Waals surface area contributed by atoms with Crippen LogP contribution in [0, 0.1) is 5.82 Å². The Morgan fingerprint density at radius 2 is 1.83 bits per heavy atom. The van der Waals surface area contributed by atoms with Crippen molar-refractivity contribution in [2.24, 2.45) is 0 Å². The molecule has 0 aliphatic carbocycles. The summed E-state index contributed by atoms with van der Waals surface area (Å²) in [6.45, 7) is 1.31. The van der Waals surface area contributed by atoms with Crippen molar-refractivity contribution in [3.63, 3.8) is 0 Å². The number of benzene rings is 1. The van der Waals surface area contributed by atoms with Crippen LogP contribution in [-0.4, -0.2) is 47.8 Å². The second-order valence-corrected chi connectivity index (χ2v) is 5.92. The van der Waals surface area contributed by atoms with E-state index >= 15 is 0 Å². The van der Waals surface area contributed by atoms with Crippen LogP contribution in [-0.2, 0) is 9.59 Å². The number of piperidine rings is 1. The largest absolute Gasteiger partial charge is 0.349 e. The predicted molar refractivity (Wildman–Crippen MR) is 80.0 cm³/mol. The molecule has 0 bridgehead atoms. The predicted octanol–water partition coefficient (Wildman–Crippen LogP) is 0.435. The molecule has 1 unspecified atom stereocenters. The third-order valence-electron chi connectivity index (χ3n) is 4.36. The molecule has 0 aromatic heterocycles. The molecule has 1 aromatic rings. The lowest BCUT2D eigenvalue weighted by atomic mass is 10.0. The molecule has 0 spiro atoms. The average molecular weight is 319 g/mol. The van der Waals surface area contributed by atoms with Gasteiger partial charge in [0.25, 0.3) is 5.91 Å². The first-order valence-electron chi connectivity index (χ1n) is 7.67. The topological polar surface area (TPSA) is 78.5 Å². The van der Waals surface area contributed by atoms with Crippen molar-refractivity contribution in [1.29, 1.82) is 0 Å². The SMILES string of the molecule is O=C1CC(N2CCC(NC(=O)c3ccc(F)cc3)CC2)C(=O)N1. The second kappa shape index (κ2) is 6.45. The van der Waals surface area contributed by atoms with E-state index in [4.69, 9.17) is 0 Å². The molecule has 2 aliphatic heterocycles. The maximum Gasteiger partial charge on any atom is 0.251 e. The molecule has 1 atom stereocenters. The summed E-state index contributed by atoms with van der Waals surface area (Å²) in [7, 11) is 0. The fourth-order valence-corrected chi connectivity index (χ4v) is 3.06. The standard InChI is InChI=1S/C16H18FN3O3/c17-11-3-1-10(2-4-11)15(22)18-12-5-7-20(8-6-12)13-9-14(21)19-16(13)23/h1-4,12-13H,5-9H2,(H,18,22)(H,19,21,23). The molecule has 122 valence electrons. The number of carbonyl (C=O) groups excluding carboxylic acids is 3. The van der Waals surface area contributed by atoms with E-state index in [2.05, 4.69) is 10.6 Å². The molecule has 7 heteroatoms. The Morgan fingerprint density at radius 1 is 1.17 bits per heavy atom. The number of hydrogen-bond acceptors (Lipinski definition) is 4. The fourth-order valence-electron chi connectivity index (χ4n) is 3.06. The van der Waals surface area contributed by atoms with Gasteiger partial charge in [-0.05, 0) is 37.1 Å². The molecule has 2 N–H and O–H groups in total. The number of hydrogen-bond donors (Lipinski definition) is 2. The first-order valence-corrected chi connectivity index (χ1v) is 7.67. The Bertz CT molecular complexity index is 624. The van der Waals surface area contributed by atoms with E-state index < -0.39 is 0 Å². The minimum atomic E-state index is -0.378. The number of likely N-dealkylation sites (tertiary alicyclic amines) is 1. The van der Waals surface area contributed by atoms with Crippen LogP contribution in [0.3, 0.4) is 0 Å². The summed E-state index contributed by atoms with van der Waals surface area (Å²) in [5, 5.41) is 5.24. The third kappa shape index (κ3) is 3.56. The van der Waals surface area contributed by atoms with E-state index in [-0.39, 0.29) is 42.0 Å². The minimum Gasteiger partial charge on any atom is -0.349 e. The van der Waals surface area contributed by atoms with Crippen LogP contribution in [0.2, 0.25) is 0 Å². The maximum atomic E-state index is 12.9. The smallest absolute Gasteiger partial charge is 0.251 e. The summed E-state index contributed by atoms with van der Waals surface area (Å²) < 4.78 is 12.9. The second-order valence-electron chi connectivity index (χ2n) is 5.92. The third-order valence-corrected chi connectivity index (χ3v) is 4.36. The quantitative estimate of drug-likeness (QED) is 0.792. The van der Waals surface area contributed by atoms with Gasteiger partial charge in [-0.1, -0.05) is 0 Å². The van der Waals surface area contributed by atoms with E-state index in [1.165, 1.54) is 24.3 Å². The van der Waals surface area contributed by atoms with Crippen molar-refractivity contribution >= 4 is 17.7 Å². The zero-order valence-electron chi connectivity index (χ0n) is 12.5. The van der Waals surface area contributed by atoms with Crippen molar-refractivity contribution in [2.45, 2.75) is 31.3 Å². The average Bonchev–Trinajstić information content (AvgIpc) is 2.87. The van der Waals surface area contributed by atoms with Crippen LogP contribution in [0.1, 0.15) is 29.6 Å². The van der Waals surface area contributed by atoms with Gasteiger partial charge in [0.2, 0.25) is 11.8 Å². The minimum absolute atomic E-state index is 0.0176. The number of rotatable bonds is 3. The molecule has 0 radical (unpaired) electrons. The molecule has 2 heterocycles. The van der Waals surface area contributed by atoms with E-state index in [0.717, 1.165) is 0 Å². The summed E-state index contributed by atoms with van der Waals surface area (Å²) in [5.74, 6) is -1.06. The first kappa shape index (κ1) is 15.6. The van der Waals surface area contributed by atoms with Crippen LogP contribution in [0.15, 0.2) is 24.3 Å². The van der Waals surface area contributed by atoms with Gasteiger partial charge >= 0.3 is 0 Å². The Kier molecular flexibility index (Phi) is 4.38. The van der Waals surface area contributed by atoms with Crippen molar-refractivity contribution < 1.29 is 18.8 Å². The zero-order chi connectivity index (χ0) is 16.4. The molecule has 23 heavy (non-hydrogen) atoms. The summed E-state index contributed by atoms with van der Waals surface area (Å²) in [6.07, 6.45) is 1.64. The monoisotopic (exact) mass is 319 g/mol. The molecule has 2 aliphatic rings. The molecular formula is C16H18FN3O3. The lowest BCUT2D eigenvalue weighted by Gasteiger charge is -2.34. The number of carbonyl (C=O) groups is 3. The van der Waals surface area contributed by atoms with Gasteiger partial charge in [0.05, 0.1) is 12.5 Å². The van der Waals surface area contributed by atoms with Crippen LogP contribution in [0.5, 0.6) is 0 Å². The van der Waals surface area contributed by atoms with Crippen molar-refractivity contribution in [2.75, 3.05) is 13.1 Å². The molecule has 3 amide bonds. The van der Waals surface area contributed by atoms with Gasteiger partial charge in [0.1, 0.15) is 5.82 Å². The normalized spacial score (nSPS) is 22.9. The Balaban J connectivity index is 1.51. The van der Waals surface area contributed by atoms with Gasteiger partial charge in [0.15, 0.2) is 0 Å². The van der Waals surface area contributed by atoms with E-state index in [0.29, 0.717) is 31.5 Å². The van der Waals surface area contributed by atoms with Gasteiger partial charge in [-0.3, -0.25) is 24.6 Å². The van der Waals surface area contributed by atoms with Gasteiger partial charge in [-0.15, -0.1) is 0 Å². The van der Waals surface area contributed by atoms with Crippen LogP contribution in [0.4, 0.5) is 4.39 Å². The first-order chi connectivity index (χ1) is 11.0. The lowest BCUT2D eigenvalue weighted by Crippen LogP contribution is -2.49. The van der Waals surface area contributed by atoms with Gasteiger partial charge in [0, 0.05) is 24.7 Å². The number of nitrogens with zero attached hydrogens (tertiary/aromatic N) is 1. The van der Waals surface area contributed by atoms with Gasteiger partial charge < -0.3 is 5.32 Å². The van der Waals surface area contributed by atoms with Crippen LogP contribution >= 0.6 is 0 Å². The lowest BCUT2D eigenvalue weighted by molar-refractivity contribution is -0.126. The number of halogens is 1. The number of amides is 3. The summed E-state index contributed by atoms with van der Waals surface area (Å²) >= 11 is 0. The fraction of sp³-hybridized carbons (Fsp3) is 0.438. The van der Waals surface area contributed by atoms with Gasteiger partial charge in [-0.25, -0.2) is 4.39 Å². The highest BCUT2D eigenvalue weighted by Crippen LogP contribution is 2.18. The Hall–Kier alpha value is -2.28. The van der Waals surface area contributed by atoms with E-state index in [1.807, 2.05) is 4.90 Å². The van der Waals surface area contributed by atoms with Crippen molar-refractivity contribution in [1.82, 2.24) is 15.5 Å². The maximum absolute atomic E-state index is 12.9. The number of nitrogens with one attached hydrogen (secondary N) is 2. The number of imide groups is 1. The summed E-state index contributed by atoms with van der Waals surface area (Å²) in [4.78, 5) is 37.0.